The summed E-state index contributed by atoms with van der Waals surface area (Å²) in [6.07, 6.45) is 1.75. The van der Waals surface area contributed by atoms with Crippen LogP contribution in [0.1, 0.15) is 5.56 Å². The maximum Gasteiger partial charge on any atom is 0.416 e. The van der Waals surface area contributed by atoms with E-state index in [-0.39, 0.29) is 0 Å². The van der Waals surface area contributed by atoms with E-state index in [4.69, 9.17) is 0 Å². The van der Waals surface area contributed by atoms with Gasteiger partial charge in [-0.05, 0) is 29.8 Å². The number of hydrogen-bond acceptors (Lipinski definition) is 4. The molecule has 0 saturated heterocycles. The van der Waals surface area contributed by atoms with Gasteiger partial charge in [0.2, 0.25) is 0 Å². The Hall–Kier alpha value is -3.29. The van der Waals surface area contributed by atoms with E-state index in [2.05, 4.69) is 20.2 Å². The number of aromatic nitrogens is 5. The van der Waals surface area contributed by atoms with E-state index in [1.807, 2.05) is 0 Å². The molecule has 0 saturated carbocycles. The van der Waals surface area contributed by atoms with Gasteiger partial charge >= 0.3 is 6.18 Å². The molecule has 0 fully saturated rings. The molecule has 0 spiro atoms. The highest BCUT2D eigenvalue weighted by Gasteiger charge is 2.31. The zero-order chi connectivity index (χ0) is 17.4. The summed E-state index contributed by atoms with van der Waals surface area (Å²) in [4.78, 5) is 8.35. The molecule has 3 heterocycles. The molecule has 4 aromatic rings. The summed E-state index contributed by atoms with van der Waals surface area (Å²) in [5.41, 5.74) is 1.80. The fourth-order valence-corrected chi connectivity index (χ4v) is 2.64. The molecule has 124 valence electrons. The molecule has 4 rings (SSSR count). The molecule has 5 nitrogen and oxygen atoms in total. The molecule has 0 radical (unpaired) electrons. The molecule has 0 atom stereocenters. The first kappa shape index (κ1) is 15.3. The predicted molar refractivity (Wildman–Crippen MR) is 84.5 cm³/mol. The van der Waals surface area contributed by atoms with E-state index >= 15 is 0 Å². The van der Waals surface area contributed by atoms with Gasteiger partial charge in [0, 0.05) is 18.0 Å². The highest BCUT2D eigenvalue weighted by atomic mass is 19.4. The highest BCUT2D eigenvalue weighted by Crippen LogP contribution is 2.36. The van der Waals surface area contributed by atoms with Gasteiger partial charge in [-0.15, -0.1) is 10.2 Å². The van der Waals surface area contributed by atoms with Crippen molar-refractivity contribution in [1.82, 2.24) is 24.6 Å². The van der Waals surface area contributed by atoms with Crippen LogP contribution in [-0.4, -0.2) is 24.6 Å². The number of hydrogen-bond donors (Lipinski definition) is 0. The van der Waals surface area contributed by atoms with E-state index in [1.54, 1.807) is 35.0 Å². The third-order valence-electron chi connectivity index (χ3n) is 3.78. The lowest BCUT2D eigenvalue weighted by molar-refractivity contribution is -0.137. The summed E-state index contributed by atoms with van der Waals surface area (Å²) in [7, 11) is 0. The molecule has 8 heteroatoms. The van der Waals surface area contributed by atoms with Gasteiger partial charge in [-0.1, -0.05) is 12.1 Å². The fourth-order valence-electron chi connectivity index (χ4n) is 2.64. The van der Waals surface area contributed by atoms with Crippen LogP contribution in [0.4, 0.5) is 13.2 Å². The number of benzene rings is 1. The summed E-state index contributed by atoms with van der Waals surface area (Å²) >= 11 is 0. The molecular formula is C17H10F3N5. The van der Waals surface area contributed by atoms with E-state index in [0.717, 1.165) is 17.7 Å². The average molecular weight is 341 g/mol. The van der Waals surface area contributed by atoms with Gasteiger partial charge in [0.05, 0.1) is 16.8 Å². The molecule has 0 unspecified atom stereocenters. The second-order valence-corrected chi connectivity index (χ2v) is 5.34. The van der Waals surface area contributed by atoms with Crippen molar-refractivity contribution in [2.45, 2.75) is 6.18 Å². The van der Waals surface area contributed by atoms with Crippen LogP contribution >= 0.6 is 0 Å². The number of nitrogens with zero attached hydrogens (tertiary/aromatic N) is 5. The molecule has 0 bridgehead atoms. The van der Waals surface area contributed by atoms with Crippen LogP contribution in [0.2, 0.25) is 0 Å². The Morgan fingerprint density at radius 3 is 2.48 bits per heavy atom. The smallest absolute Gasteiger partial charge is 0.271 e. The highest BCUT2D eigenvalue weighted by molar-refractivity contribution is 5.89. The van der Waals surface area contributed by atoms with Gasteiger partial charge in [0.15, 0.2) is 5.65 Å². The van der Waals surface area contributed by atoms with Crippen LogP contribution in [0.5, 0.6) is 0 Å². The molecule has 0 aliphatic carbocycles. The van der Waals surface area contributed by atoms with E-state index in [9.17, 15) is 13.2 Å². The number of rotatable bonds is 2. The average Bonchev–Trinajstić information content (AvgIpc) is 3.09. The minimum atomic E-state index is -4.43. The van der Waals surface area contributed by atoms with Crippen LogP contribution in [0, 0.1) is 0 Å². The third-order valence-corrected chi connectivity index (χ3v) is 3.78. The van der Waals surface area contributed by atoms with E-state index < -0.39 is 11.7 Å². The number of fused-ring (bicyclic) bond motifs is 1. The van der Waals surface area contributed by atoms with Crippen molar-refractivity contribution >= 4 is 5.65 Å². The summed E-state index contributed by atoms with van der Waals surface area (Å²) in [6.45, 7) is 0. The van der Waals surface area contributed by atoms with Gasteiger partial charge in [-0.25, -0.2) is 4.98 Å². The zero-order valence-electron chi connectivity index (χ0n) is 12.6. The largest absolute Gasteiger partial charge is 0.416 e. The van der Waals surface area contributed by atoms with Crippen molar-refractivity contribution < 1.29 is 13.2 Å². The molecule has 0 aliphatic rings. The normalized spacial score (nSPS) is 11.8. The number of halogens is 3. The van der Waals surface area contributed by atoms with Crippen molar-refractivity contribution in [2.75, 3.05) is 0 Å². The van der Waals surface area contributed by atoms with E-state index in [0.29, 0.717) is 22.5 Å². The first-order valence-corrected chi connectivity index (χ1v) is 7.30. The van der Waals surface area contributed by atoms with Crippen molar-refractivity contribution in [3.05, 3.63) is 67.0 Å². The molecule has 1 aromatic carbocycles. The standard InChI is InChI=1S/C17H10F3N5/c18-17(19,20)13-3-1-2-12(8-13)14-15(11-4-6-21-7-5-11)22-9-25-10-23-24-16(14)25/h1-10H. The van der Waals surface area contributed by atoms with Crippen LogP contribution < -0.4 is 0 Å². The minimum absolute atomic E-state index is 0.368. The Kier molecular flexibility index (Phi) is 3.45. The Balaban J connectivity index is 2.02. The van der Waals surface area contributed by atoms with Crippen molar-refractivity contribution in [2.24, 2.45) is 0 Å². The van der Waals surface area contributed by atoms with Crippen molar-refractivity contribution in [1.29, 1.82) is 0 Å². The van der Waals surface area contributed by atoms with Gasteiger partial charge in [-0.2, -0.15) is 13.2 Å². The third kappa shape index (κ3) is 2.71. The Bertz CT molecular complexity index is 1040. The summed E-state index contributed by atoms with van der Waals surface area (Å²) in [5, 5.41) is 7.88. The lowest BCUT2D eigenvalue weighted by atomic mass is 9.99. The fraction of sp³-hybridized carbons (Fsp3) is 0.0588. The molecular weight excluding hydrogens is 331 g/mol. The SMILES string of the molecule is FC(F)(F)c1cccc(-c2c(-c3ccncc3)ncn3cnnc23)c1. The Labute approximate surface area is 139 Å². The lowest BCUT2D eigenvalue weighted by Crippen LogP contribution is -2.05. The quantitative estimate of drug-likeness (QED) is 0.555. The Morgan fingerprint density at radius 1 is 0.920 bits per heavy atom. The van der Waals surface area contributed by atoms with Crippen molar-refractivity contribution in [3.63, 3.8) is 0 Å². The first-order chi connectivity index (χ1) is 12.0. The monoisotopic (exact) mass is 341 g/mol. The van der Waals surface area contributed by atoms with Gasteiger partial charge in [0.1, 0.15) is 12.7 Å². The minimum Gasteiger partial charge on any atom is -0.271 e. The maximum absolute atomic E-state index is 13.1. The number of alkyl halides is 3. The van der Waals surface area contributed by atoms with Gasteiger partial charge in [0.25, 0.3) is 0 Å². The van der Waals surface area contributed by atoms with Crippen LogP contribution in [0.15, 0.2) is 61.4 Å². The van der Waals surface area contributed by atoms with Gasteiger partial charge in [-0.3, -0.25) is 9.38 Å². The number of pyridine rings is 1. The summed E-state index contributed by atoms with van der Waals surface area (Å²) < 4.78 is 40.9. The van der Waals surface area contributed by atoms with Crippen LogP contribution in [0.25, 0.3) is 28.0 Å². The second kappa shape index (κ2) is 5.66. The topological polar surface area (TPSA) is 56.0 Å². The predicted octanol–water partition coefficient (Wildman–Crippen LogP) is 3.87. The van der Waals surface area contributed by atoms with Gasteiger partial charge < -0.3 is 0 Å². The van der Waals surface area contributed by atoms with Crippen LogP contribution in [-0.2, 0) is 6.18 Å². The summed E-state index contributed by atoms with van der Waals surface area (Å²) in [5.74, 6) is 0. The summed E-state index contributed by atoms with van der Waals surface area (Å²) in [6, 6.07) is 8.59. The lowest BCUT2D eigenvalue weighted by Gasteiger charge is -2.12. The first-order valence-electron chi connectivity index (χ1n) is 7.30. The molecule has 0 N–H and O–H groups in total. The molecule has 0 aliphatic heterocycles. The molecule has 3 aromatic heterocycles. The van der Waals surface area contributed by atoms with Crippen LogP contribution in [0.3, 0.4) is 0 Å². The van der Waals surface area contributed by atoms with E-state index in [1.165, 1.54) is 18.7 Å². The maximum atomic E-state index is 13.1. The molecule has 0 amide bonds. The molecule has 25 heavy (non-hydrogen) atoms. The Morgan fingerprint density at radius 2 is 1.72 bits per heavy atom. The zero-order valence-corrected chi connectivity index (χ0v) is 12.6. The van der Waals surface area contributed by atoms with Crippen molar-refractivity contribution in [3.8, 4) is 22.4 Å². The second-order valence-electron chi connectivity index (χ2n) is 5.34.